The topological polar surface area (TPSA) is 31.2 Å². The van der Waals surface area contributed by atoms with E-state index in [4.69, 9.17) is 4.74 Å². The van der Waals surface area contributed by atoms with Gasteiger partial charge in [0.15, 0.2) is 0 Å². The molecule has 1 aromatic heterocycles. The average molecular weight is 389 g/mol. The van der Waals surface area contributed by atoms with Gasteiger partial charge in [0.05, 0.1) is 29.1 Å². The molecule has 0 atom stereocenters. The van der Waals surface area contributed by atoms with Gasteiger partial charge in [-0.2, -0.15) is 0 Å². The molecule has 0 unspecified atom stereocenters. The summed E-state index contributed by atoms with van der Waals surface area (Å²) in [5.41, 5.74) is 3.84. The highest BCUT2D eigenvalue weighted by Gasteiger charge is 2.31. The Balaban J connectivity index is 1.99. The van der Waals surface area contributed by atoms with E-state index in [0.717, 1.165) is 32.3 Å². The minimum atomic E-state index is -0.439. The molecule has 0 amide bonds. The lowest BCUT2D eigenvalue weighted by Crippen LogP contribution is -2.08. The van der Waals surface area contributed by atoms with Gasteiger partial charge in [0.25, 0.3) is 0 Å². The van der Waals surface area contributed by atoms with Crippen molar-refractivity contribution in [1.82, 2.24) is 4.57 Å². The molecule has 2 heterocycles. The normalized spacial score (nSPS) is 12.1. The number of para-hydroxylation sites is 1. The van der Waals surface area contributed by atoms with Crippen LogP contribution in [-0.2, 0) is 4.74 Å². The number of esters is 1. The van der Waals surface area contributed by atoms with Crippen molar-refractivity contribution >= 4 is 28.6 Å². The Morgan fingerprint density at radius 1 is 1.04 bits per heavy atom. The van der Waals surface area contributed by atoms with Crippen LogP contribution < -0.4 is 0 Å². The number of ether oxygens (including phenoxy) is 1. The van der Waals surface area contributed by atoms with E-state index in [1.165, 1.54) is 23.9 Å². The standard InChI is InChI=1S/C23H16FNO2S/c1-2-27-23(26)20-16-12-15(24)13-19-22(16)25(17-10-6-7-11-18(17)28-19)21(20)14-8-4-3-5-9-14/h3-13H,2H2,1H3. The Morgan fingerprint density at radius 3 is 2.57 bits per heavy atom. The van der Waals surface area contributed by atoms with E-state index in [-0.39, 0.29) is 12.4 Å². The van der Waals surface area contributed by atoms with Crippen LogP contribution in [0.25, 0.3) is 27.8 Å². The zero-order valence-corrected chi connectivity index (χ0v) is 15.9. The summed E-state index contributed by atoms with van der Waals surface area (Å²) in [5.74, 6) is -0.803. The highest BCUT2D eigenvalue weighted by atomic mass is 32.2. The second-order valence-electron chi connectivity index (χ2n) is 6.52. The molecular formula is C23H16FNO2S. The molecule has 4 aromatic rings. The molecule has 0 radical (unpaired) electrons. The average Bonchev–Trinajstić information content (AvgIpc) is 3.05. The number of carbonyl (C=O) groups is 1. The number of halogens is 1. The van der Waals surface area contributed by atoms with Crippen LogP contribution in [0.5, 0.6) is 0 Å². The lowest BCUT2D eigenvalue weighted by molar-refractivity contribution is 0.0529. The number of benzene rings is 3. The molecule has 0 saturated carbocycles. The van der Waals surface area contributed by atoms with Gasteiger partial charge in [-0.3, -0.25) is 0 Å². The fourth-order valence-electron chi connectivity index (χ4n) is 3.79. The van der Waals surface area contributed by atoms with Gasteiger partial charge in [-0.25, -0.2) is 9.18 Å². The Morgan fingerprint density at radius 2 is 1.79 bits per heavy atom. The molecule has 0 N–H and O–H groups in total. The first kappa shape index (κ1) is 17.1. The second-order valence-corrected chi connectivity index (χ2v) is 7.60. The lowest BCUT2D eigenvalue weighted by atomic mass is 10.0. The van der Waals surface area contributed by atoms with Crippen LogP contribution in [0.4, 0.5) is 4.39 Å². The van der Waals surface area contributed by atoms with Crippen LogP contribution in [0.2, 0.25) is 0 Å². The van der Waals surface area contributed by atoms with Crippen LogP contribution in [0, 0.1) is 5.82 Å². The van der Waals surface area contributed by atoms with E-state index in [1.807, 2.05) is 54.6 Å². The van der Waals surface area contributed by atoms with Crippen molar-refractivity contribution in [2.75, 3.05) is 6.61 Å². The van der Waals surface area contributed by atoms with E-state index < -0.39 is 5.97 Å². The Bertz CT molecular complexity index is 1230. The number of hydrogen-bond donors (Lipinski definition) is 0. The largest absolute Gasteiger partial charge is 0.462 e. The van der Waals surface area contributed by atoms with Crippen molar-refractivity contribution in [2.45, 2.75) is 16.7 Å². The lowest BCUT2D eigenvalue weighted by Gasteiger charge is -2.21. The van der Waals surface area contributed by atoms with Crippen LogP contribution in [-0.4, -0.2) is 17.1 Å². The Hall–Kier alpha value is -3.05. The first-order chi connectivity index (χ1) is 13.7. The molecular weight excluding hydrogens is 373 g/mol. The maximum Gasteiger partial charge on any atom is 0.340 e. The van der Waals surface area contributed by atoms with Crippen molar-refractivity contribution < 1.29 is 13.9 Å². The fraction of sp³-hybridized carbons (Fsp3) is 0.0870. The molecule has 3 aromatic carbocycles. The molecule has 3 nitrogen and oxygen atoms in total. The third kappa shape index (κ3) is 2.47. The van der Waals surface area contributed by atoms with Crippen LogP contribution in [0.15, 0.2) is 76.5 Å². The highest BCUT2D eigenvalue weighted by molar-refractivity contribution is 7.99. The molecule has 28 heavy (non-hydrogen) atoms. The fourth-order valence-corrected chi connectivity index (χ4v) is 4.91. The number of rotatable bonds is 3. The number of nitrogens with zero attached hydrogens (tertiary/aromatic N) is 1. The summed E-state index contributed by atoms with van der Waals surface area (Å²) in [7, 11) is 0. The summed E-state index contributed by atoms with van der Waals surface area (Å²) in [4.78, 5) is 14.8. The van der Waals surface area contributed by atoms with E-state index in [2.05, 4.69) is 4.57 Å². The van der Waals surface area contributed by atoms with Crippen molar-refractivity contribution in [1.29, 1.82) is 0 Å². The predicted molar refractivity (Wildman–Crippen MR) is 109 cm³/mol. The predicted octanol–water partition coefficient (Wildman–Crippen LogP) is 6.08. The van der Waals surface area contributed by atoms with Gasteiger partial charge < -0.3 is 9.30 Å². The van der Waals surface area contributed by atoms with Crippen molar-refractivity contribution in [3.05, 3.63) is 78.1 Å². The summed E-state index contributed by atoms with van der Waals surface area (Å²) in [6.45, 7) is 2.03. The maximum atomic E-state index is 14.5. The van der Waals surface area contributed by atoms with Gasteiger partial charge in [0.1, 0.15) is 5.82 Å². The molecule has 5 rings (SSSR count). The Kier molecular flexibility index (Phi) is 3.98. The molecule has 0 saturated heterocycles. The zero-order valence-electron chi connectivity index (χ0n) is 15.1. The monoisotopic (exact) mass is 389 g/mol. The van der Waals surface area contributed by atoms with Crippen LogP contribution in [0.1, 0.15) is 17.3 Å². The zero-order chi connectivity index (χ0) is 19.3. The minimum absolute atomic E-state index is 0.257. The van der Waals surface area contributed by atoms with Gasteiger partial charge in [-0.05, 0) is 36.8 Å². The SMILES string of the molecule is CCOC(=O)c1c(-c2ccccc2)n2c3c(cc(F)cc13)Sc1ccccc1-2. The van der Waals surface area contributed by atoms with E-state index in [9.17, 15) is 9.18 Å². The van der Waals surface area contributed by atoms with Gasteiger partial charge in [0, 0.05) is 15.2 Å². The number of fused-ring (bicyclic) bond motifs is 2. The van der Waals surface area contributed by atoms with E-state index >= 15 is 0 Å². The third-order valence-corrected chi connectivity index (χ3v) is 5.94. The molecule has 0 spiro atoms. The molecule has 1 aliphatic heterocycles. The molecule has 0 bridgehead atoms. The number of aromatic nitrogens is 1. The molecule has 5 heteroatoms. The van der Waals surface area contributed by atoms with Crippen molar-refractivity contribution in [3.63, 3.8) is 0 Å². The summed E-state index contributed by atoms with van der Waals surface area (Å²) in [5, 5.41) is 0.578. The second kappa shape index (κ2) is 6.53. The van der Waals surface area contributed by atoms with Gasteiger partial charge >= 0.3 is 5.97 Å². The summed E-state index contributed by atoms with van der Waals surface area (Å²) in [6.07, 6.45) is 0. The quantitative estimate of drug-likeness (QED) is 0.351. The maximum absolute atomic E-state index is 14.5. The minimum Gasteiger partial charge on any atom is -0.462 e. The number of hydrogen-bond acceptors (Lipinski definition) is 3. The van der Waals surface area contributed by atoms with Crippen LogP contribution in [0.3, 0.4) is 0 Å². The van der Waals surface area contributed by atoms with Gasteiger partial charge in [-0.1, -0.05) is 54.2 Å². The third-order valence-electron chi connectivity index (χ3n) is 4.85. The Labute approximate surface area is 165 Å². The summed E-state index contributed by atoms with van der Waals surface area (Å²) >= 11 is 1.52. The molecule has 0 aliphatic carbocycles. The van der Waals surface area contributed by atoms with Crippen molar-refractivity contribution in [2.24, 2.45) is 0 Å². The van der Waals surface area contributed by atoms with Crippen LogP contribution >= 0.6 is 11.8 Å². The van der Waals surface area contributed by atoms with Crippen molar-refractivity contribution in [3.8, 4) is 16.9 Å². The molecule has 138 valence electrons. The first-order valence-electron chi connectivity index (χ1n) is 9.06. The first-order valence-corrected chi connectivity index (χ1v) is 9.88. The molecule has 0 fully saturated rings. The van der Waals surface area contributed by atoms with Gasteiger partial charge in [-0.15, -0.1) is 0 Å². The summed E-state index contributed by atoms with van der Waals surface area (Å²) < 4.78 is 21.9. The van der Waals surface area contributed by atoms with Gasteiger partial charge in [0.2, 0.25) is 0 Å². The highest BCUT2D eigenvalue weighted by Crippen LogP contribution is 2.48. The van der Waals surface area contributed by atoms with E-state index in [1.54, 1.807) is 6.92 Å². The summed E-state index contributed by atoms with van der Waals surface area (Å²) in [6, 6.07) is 20.6. The smallest absolute Gasteiger partial charge is 0.340 e. The number of carbonyl (C=O) groups excluding carboxylic acids is 1. The van der Waals surface area contributed by atoms with E-state index in [0.29, 0.717) is 10.9 Å². The molecule has 1 aliphatic rings.